The number of halogens is 4. The molecule has 1 atom stereocenters. The van der Waals surface area contributed by atoms with E-state index in [4.69, 9.17) is 23.2 Å². The summed E-state index contributed by atoms with van der Waals surface area (Å²) in [5.41, 5.74) is 15.7. The Labute approximate surface area is 359 Å². The molecule has 4 aromatic carbocycles. The van der Waals surface area contributed by atoms with Crippen LogP contribution in [0.3, 0.4) is 0 Å². The first-order valence-corrected chi connectivity index (χ1v) is 20.3. The topological polar surface area (TPSA) is 0 Å². The zero-order valence-corrected chi connectivity index (χ0v) is 39.2. The van der Waals surface area contributed by atoms with E-state index in [1.807, 2.05) is 36.4 Å². The van der Waals surface area contributed by atoms with Gasteiger partial charge >= 0.3 is 120 Å². The van der Waals surface area contributed by atoms with Crippen LogP contribution >= 0.6 is 23.2 Å². The van der Waals surface area contributed by atoms with Crippen molar-refractivity contribution in [2.75, 3.05) is 0 Å². The second-order valence-corrected chi connectivity index (χ2v) is 19.3. The summed E-state index contributed by atoms with van der Waals surface area (Å²) >= 11 is 13.3. The Kier molecular flexibility index (Phi) is 17.4. The molecule has 0 heterocycles. The molecule has 0 radical (unpaired) electrons. The van der Waals surface area contributed by atoms with E-state index in [1.54, 1.807) is 0 Å². The van der Waals surface area contributed by atoms with Crippen molar-refractivity contribution in [1.82, 2.24) is 0 Å². The molecule has 53 heavy (non-hydrogen) atoms. The number of aryl methyl sites for hydroxylation is 2. The minimum atomic E-state index is 0. The standard InChI is InChI=1S/C23H29.C13H8Cl2.C12H19.2ClH.Zr/c1-14-9-16-11-17-10-15(2)21(23(6,7)8)13-19(17)18(16)12-20(14)22(3,4)5;14-12-5-1-3-10(8-12)7-11-4-2-6-13(15)9-11;1-5-6-10-7-8-11(9-10)12(2,3)4;;;/h9,12-13H,11H2,1-8H3;1-6,8-9H;8-10H,5-6H2,1-4H3;2*1H;/q-1;;-1;;;+2/p-2. The molecule has 0 aromatic heterocycles. The summed E-state index contributed by atoms with van der Waals surface area (Å²) in [5, 5.41) is 1.53. The predicted octanol–water partition coefficient (Wildman–Crippen LogP) is 8.14. The molecule has 0 bridgehead atoms. The van der Waals surface area contributed by atoms with Crippen molar-refractivity contribution in [3.8, 4) is 11.1 Å². The van der Waals surface area contributed by atoms with E-state index < -0.39 is 0 Å². The largest absolute Gasteiger partial charge is 1.00 e. The average molecular weight is 866 g/mol. The fourth-order valence-electron chi connectivity index (χ4n) is 6.93. The normalized spacial score (nSPS) is 14.3. The van der Waals surface area contributed by atoms with Crippen LogP contribution in [0.25, 0.3) is 11.1 Å². The van der Waals surface area contributed by atoms with Gasteiger partial charge in [-0.25, -0.2) is 6.08 Å². The first-order valence-electron chi connectivity index (χ1n) is 18.3. The molecule has 2 aliphatic carbocycles. The molecular weight excluding hydrogens is 810 g/mol. The molecule has 4 aromatic rings. The van der Waals surface area contributed by atoms with Gasteiger partial charge in [0.25, 0.3) is 0 Å². The average Bonchev–Trinajstić information content (AvgIpc) is 3.64. The smallest absolute Gasteiger partial charge is 1.00 e. The third-order valence-corrected chi connectivity index (χ3v) is 11.5. The van der Waals surface area contributed by atoms with E-state index in [1.165, 1.54) is 90.4 Å². The Bertz CT molecular complexity index is 1830. The van der Waals surface area contributed by atoms with E-state index >= 15 is 0 Å². The molecular formula is C48H56Cl4Zr-2. The first-order chi connectivity index (χ1) is 23.7. The quantitative estimate of drug-likeness (QED) is 0.160. The third-order valence-electron chi connectivity index (χ3n) is 9.61. The first kappa shape index (κ1) is 47.4. The fraction of sp³-hybridized carbons (Fsp3) is 0.396. The Balaban J connectivity index is 0.000000285. The van der Waals surface area contributed by atoms with Gasteiger partial charge in [-0.15, -0.1) is 16.7 Å². The van der Waals surface area contributed by atoms with E-state index in [2.05, 4.69) is 138 Å². The number of hydrogen-bond donors (Lipinski definition) is 0. The molecule has 1 unspecified atom stereocenters. The molecule has 5 heteroatoms. The van der Waals surface area contributed by atoms with Crippen molar-refractivity contribution < 1.29 is 49.0 Å². The van der Waals surface area contributed by atoms with Crippen molar-refractivity contribution in [2.24, 2.45) is 11.3 Å². The zero-order valence-electron chi connectivity index (χ0n) is 33.7. The minimum Gasteiger partial charge on any atom is -1.00 e. The number of allylic oxidation sites excluding steroid dienone is 4. The van der Waals surface area contributed by atoms with Gasteiger partial charge in [-0.3, -0.25) is 6.08 Å². The molecule has 0 saturated heterocycles. The summed E-state index contributed by atoms with van der Waals surface area (Å²) in [6.07, 6.45) is 11.5. The van der Waals surface area contributed by atoms with Crippen LogP contribution in [0.4, 0.5) is 0 Å². The van der Waals surface area contributed by atoms with Crippen molar-refractivity contribution in [3.63, 3.8) is 0 Å². The van der Waals surface area contributed by atoms with Crippen LogP contribution in [0.5, 0.6) is 0 Å². The van der Waals surface area contributed by atoms with Crippen molar-refractivity contribution >= 4 is 26.4 Å². The van der Waals surface area contributed by atoms with E-state index in [0.29, 0.717) is 11.3 Å². The van der Waals surface area contributed by atoms with Gasteiger partial charge in [0, 0.05) is 0 Å². The van der Waals surface area contributed by atoms with Crippen LogP contribution in [0.1, 0.15) is 127 Å². The van der Waals surface area contributed by atoms with Gasteiger partial charge < -0.3 is 24.8 Å². The van der Waals surface area contributed by atoms with E-state index in [0.717, 1.165) is 27.6 Å². The van der Waals surface area contributed by atoms with Gasteiger partial charge in [0.15, 0.2) is 0 Å². The van der Waals surface area contributed by atoms with Gasteiger partial charge in [0.05, 0.1) is 0 Å². The van der Waals surface area contributed by atoms with Crippen molar-refractivity contribution in [2.45, 2.75) is 113 Å². The van der Waals surface area contributed by atoms with Gasteiger partial charge in [-0.1, -0.05) is 123 Å². The van der Waals surface area contributed by atoms with E-state index in [9.17, 15) is 0 Å². The summed E-state index contributed by atoms with van der Waals surface area (Å²) in [4.78, 5) is 0. The van der Waals surface area contributed by atoms with Crippen molar-refractivity contribution in [1.29, 1.82) is 0 Å². The number of fused-ring (bicyclic) bond motifs is 3. The summed E-state index contributed by atoms with van der Waals surface area (Å²) in [6, 6.07) is 26.7. The number of benzene rings is 4. The molecule has 0 saturated carbocycles. The van der Waals surface area contributed by atoms with Crippen LogP contribution in [-0.2, 0) is 41.5 Å². The van der Waals surface area contributed by atoms with Gasteiger partial charge in [0.1, 0.15) is 0 Å². The maximum atomic E-state index is 5.98. The summed E-state index contributed by atoms with van der Waals surface area (Å²) in [7, 11) is 0. The van der Waals surface area contributed by atoms with Gasteiger partial charge in [-0.2, -0.15) is 29.3 Å². The van der Waals surface area contributed by atoms with Crippen LogP contribution < -0.4 is 24.8 Å². The summed E-state index contributed by atoms with van der Waals surface area (Å²) < 4.78 is 1.26. The molecule has 6 rings (SSSR count). The Morgan fingerprint density at radius 3 is 1.72 bits per heavy atom. The molecule has 0 fully saturated rings. The molecule has 0 nitrogen and oxygen atoms in total. The molecule has 0 spiro atoms. The molecule has 282 valence electrons. The number of rotatable bonds is 4. The maximum Gasteiger partial charge on any atom is -1.00 e. The summed E-state index contributed by atoms with van der Waals surface area (Å²) in [6.45, 7) is 27.2. The Morgan fingerprint density at radius 2 is 1.26 bits per heavy atom. The zero-order chi connectivity index (χ0) is 37.9. The SMILES string of the molecule is CCCC1[C-]=CC(C(C)(C)C)=C1.Cc1[c-]c2c(cc1C(C)(C)C)-c1cc(C(C)(C)C)c(C)cc1C2.Clc1cccc([C](=[Zr+2])c2cccc(Cl)c2)c1.[Cl-].[Cl-]. The summed E-state index contributed by atoms with van der Waals surface area (Å²) in [5.74, 6) is 0.587. The van der Waals surface area contributed by atoms with Crippen molar-refractivity contribution in [3.05, 3.63) is 151 Å². The second kappa shape index (κ2) is 19.4. The Morgan fingerprint density at radius 1 is 0.736 bits per heavy atom. The maximum absolute atomic E-state index is 5.98. The molecule has 0 amide bonds. The van der Waals surface area contributed by atoms with Crippen LogP contribution in [-0.4, -0.2) is 3.21 Å². The van der Waals surface area contributed by atoms with E-state index in [-0.39, 0.29) is 35.6 Å². The van der Waals surface area contributed by atoms with Crippen LogP contribution in [0.2, 0.25) is 10.0 Å². The minimum absolute atomic E-state index is 0. The van der Waals surface area contributed by atoms with Crippen LogP contribution in [0, 0.1) is 37.3 Å². The monoisotopic (exact) mass is 862 g/mol. The van der Waals surface area contributed by atoms with Gasteiger partial charge in [0.2, 0.25) is 0 Å². The third kappa shape index (κ3) is 12.6. The number of hydrogen-bond acceptors (Lipinski definition) is 0. The van der Waals surface area contributed by atoms with Crippen LogP contribution in [0.15, 0.2) is 84.5 Å². The molecule has 0 aliphatic heterocycles. The second-order valence-electron chi connectivity index (χ2n) is 17.2. The van der Waals surface area contributed by atoms with Gasteiger partial charge in [-0.05, 0) is 35.4 Å². The molecule has 2 aliphatic rings. The molecule has 0 N–H and O–H groups in total. The Hall–Kier alpha value is -1.73. The predicted molar refractivity (Wildman–Crippen MR) is 220 cm³/mol. The fourth-order valence-corrected chi connectivity index (χ4v) is 8.08.